The number of benzene rings is 1. The molecule has 2 aliphatic rings. The van der Waals surface area contributed by atoms with Crippen molar-refractivity contribution in [1.29, 1.82) is 0 Å². The van der Waals surface area contributed by atoms with Crippen LogP contribution >= 0.6 is 0 Å². The van der Waals surface area contributed by atoms with Crippen molar-refractivity contribution in [3.05, 3.63) is 52.4 Å². The van der Waals surface area contributed by atoms with Gasteiger partial charge in [-0.2, -0.15) is 0 Å². The Balaban J connectivity index is 2.16. The summed E-state index contributed by atoms with van der Waals surface area (Å²) in [6.45, 7) is 8.26. The summed E-state index contributed by atoms with van der Waals surface area (Å²) in [6, 6.07) is 7.36. The Hall–Kier alpha value is -3.09. The smallest absolute Gasteiger partial charge is 0.336 e. The highest BCUT2D eigenvalue weighted by Crippen LogP contribution is 2.45. The van der Waals surface area contributed by atoms with Crippen LogP contribution in [0.25, 0.3) is 0 Å². The molecule has 32 heavy (non-hydrogen) atoms. The maximum Gasteiger partial charge on any atom is 0.336 e. The Morgan fingerprint density at radius 1 is 1.22 bits per heavy atom. The zero-order valence-corrected chi connectivity index (χ0v) is 19.3. The quantitative estimate of drug-likeness (QED) is 0.510. The summed E-state index contributed by atoms with van der Waals surface area (Å²) in [5, 5.41) is 3.26. The lowest BCUT2D eigenvalue weighted by molar-refractivity contribution is -0.151. The highest BCUT2D eigenvalue weighted by molar-refractivity contribution is 6.12. The van der Waals surface area contributed by atoms with E-state index in [0.29, 0.717) is 42.0 Å². The summed E-state index contributed by atoms with van der Waals surface area (Å²) in [6.07, 6.45) is 1.18. The third-order valence-electron chi connectivity index (χ3n) is 5.90. The predicted molar refractivity (Wildman–Crippen MR) is 119 cm³/mol. The van der Waals surface area contributed by atoms with Gasteiger partial charge in [0.15, 0.2) is 5.78 Å². The molecule has 7 nitrogen and oxygen atoms in total. The van der Waals surface area contributed by atoms with Gasteiger partial charge in [0.05, 0.1) is 25.9 Å². The maximum atomic E-state index is 13.6. The fourth-order valence-corrected chi connectivity index (χ4v) is 4.51. The van der Waals surface area contributed by atoms with Gasteiger partial charge in [0.25, 0.3) is 0 Å². The summed E-state index contributed by atoms with van der Waals surface area (Å²) in [4.78, 5) is 39.2. The van der Waals surface area contributed by atoms with Gasteiger partial charge in [0.1, 0.15) is 11.7 Å². The molecule has 0 fully saturated rings. The number of ketones is 1. The predicted octanol–water partition coefficient (Wildman–Crippen LogP) is 3.65. The van der Waals surface area contributed by atoms with E-state index in [0.717, 1.165) is 11.3 Å². The van der Waals surface area contributed by atoms with Crippen LogP contribution in [0.4, 0.5) is 0 Å². The van der Waals surface area contributed by atoms with E-state index < -0.39 is 23.8 Å². The lowest BCUT2D eigenvalue weighted by Crippen LogP contribution is -2.43. The molecule has 0 aromatic heterocycles. The molecule has 1 aliphatic heterocycles. The Morgan fingerprint density at radius 3 is 2.62 bits per heavy atom. The molecule has 0 spiro atoms. The van der Waals surface area contributed by atoms with Crippen LogP contribution in [0.15, 0.2) is 46.8 Å². The van der Waals surface area contributed by atoms with Crippen molar-refractivity contribution in [3.8, 4) is 5.75 Å². The van der Waals surface area contributed by atoms with Gasteiger partial charge in [0.2, 0.25) is 0 Å². The van der Waals surface area contributed by atoms with E-state index in [-0.39, 0.29) is 18.3 Å². The summed E-state index contributed by atoms with van der Waals surface area (Å²) < 4.78 is 16.1. The van der Waals surface area contributed by atoms with Crippen LogP contribution in [0, 0.1) is 11.8 Å². The van der Waals surface area contributed by atoms with Crippen LogP contribution in [-0.4, -0.2) is 38.0 Å². The van der Waals surface area contributed by atoms with Crippen LogP contribution in [0.1, 0.15) is 52.0 Å². The molecule has 1 aromatic rings. The van der Waals surface area contributed by atoms with E-state index in [9.17, 15) is 14.4 Å². The van der Waals surface area contributed by atoms with Gasteiger partial charge in [-0.05, 0) is 50.3 Å². The number of carbonyl (C=O) groups is 3. The minimum Gasteiger partial charge on any atom is -0.494 e. The number of esters is 2. The van der Waals surface area contributed by atoms with E-state index in [1.807, 2.05) is 52.0 Å². The SMILES string of the molecule is CCCOC(=O)C1=C(C)NC2=C(C(=O)[C@H](C(=O)OC)[C@H](C)C2)[C@@H]1c1cccc(OCC)c1. The van der Waals surface area contributed by atoms with Crippen LogP contribution in [0.2, 0.25) is 0 Å². The molecule has 0 saturated carbocycles. The van der Waals surface area contributed by atoms with Gasteiger partial charge in [-0.1, -0.05) is 26.0 Å². The first-order chi connectivity index (χ1) is 15.3. The Labute approximate surface area is 188 Å². The number of hydrogen-bond acceptors (Lipinski definition) is 7. The minimum atomic E-state index is -0.913. The van der Waals surface area contributed by atoms with E-state index >= 15 is 0 Å². The summed E-state index contributed by atoms with van der Waals surface area (Å²) in [7, 11) is 1.28. The first-order valence-electron chi connectivity index (χ1n) is 11.1. The molecule has 1 N–H and O–H groups in total. The van der Waals surface area contributed by atoms with Crippen LogP contribution in [0.3, 0.4) is 0 Å². The molecular weight excluding hydrogens is 410 g/mol. The van der Waals surface area contributed by atoms with E-state index in [4.69, 9.17) is 14.2 Å². The van der Waals surface area contributed by atoms with Crippen molar-refractivity contribution in [2.24, 2.45) is 11.8 Å². The minimum absolute atomic E-state index is 0.224. The molecule has 1 aromatic carbocycles. The van der Waals surface area contributed by atoms with Crippen LogP contribution in [-0.2, 0) is 23.9 Å². The zero-order chi connectivity index (χ0) is 23.4. The number of nitrogens with one attached hydrogen (secondary N) is 1. The standard InChI is InChI=1S/C25H31NO6/c1-6-11-32-25(29)20-15(4)26-18-12-14(3)19(24(28)30-5)23(27)22(18)21(20)16-9-8-10-17(13-16)31-7-2/h8-10,13-14,19,21,26H,6-7,11-12H2,1-5H3/t14-,19-,21-/m1/s1. The van der Waals surface area contributed by atoms with Gasteiger partial charge < -0.3 is 19.5 Å². The third kappa shape index (κ3) is 4.42. The average molecular weight is 442 g/mol. The number of Topliss-reactive ketones (excluding diaryl/α,β-unsaturated/α-hetero) is 1. The van der Waals surface area contributed by atoms with Gasteiger partial charge in [-0.3, -0.25) is 9.59 Å². The number of hydrogen-bond donors (Lipinski definition) is 1. The summed E-state index contributed by atoms with van der Waals surface area (Å²) in [5.74, 6) is -2.51. The third-order valence-corrected chi connectivity index (χ3v) is 5.90. The van der Waals surface area contributed by atoms with E-state index in [2.05, 4.69) is 5.32 Å². The number of carbonyl (C=O) groups excluding carboxylic acids is 3. The number of rotatable bonds is 7. The normalized spacial score (nSPS) is 22.8. The molecule has 3 atom stereocenters. The van der Waals surface area contributed by atoms with Crippen molar-refractivity contribution in [2.45, 2.75) is 46.5 Å². The van der Waals surface area contributed by atoms with Crippen molar-refractivity contribution < 1.29 is 28.6 Å². The average Bonchev–Trinajstić information content (AvgIpc) is 2.76. The lowest BCUT2D eigenvalue weighted by Gasteiger charge is -2.38. The van der Waals surface area contributed by atoms with Crippen molar-refractivity contribution in [2.75, 3.05) is 20.3 Å². The Morgan fingerprint density at radius 2 is 1.97 bits per heavy atom. The summed E-state index contributed by atoms with van der Waals surface area (Å²) in [5.41, 5.74) is 2.91. The van der Waals surface area contributed by atoms with Gasteiger partial charge in [-0.25, -0.2) is 4.79 Å². The fourth-order valence-electron chi connectivity index (χ4n) is 4.51. The number of allylic oxidation sites excluding steroid dienone is 3. The molecule has 3 rings (SSSR count). The van der Waals surface area contributed by atoms with Crippen molar-refractivity contribution >= 4 is 17.7 Å². The molecule has 0 saturated heterocycles. The second-order valence-corrected chi connectivity index (χ2v) is 8.18. The van der Waals surface area contributed by atoms with Crippen LogP contribution < -0.4 is 10.1 Å². The summed E-state index contributed by atoms with van der Waals surface area (Å²) >= 11 is 0. The molecule has 0 unspecified atom stereocenters. The Kier molecular flexibility index (Phi) is 7.38. The maximum absolute atomic E-state index is 13.6. The van der Waals surface area contributed by atoms with Gasteiger partial charge >= 0.3 is 11.9 Å². The first-order valence-corrected chi connectivity index (χ1v) is 11.1. The molecule has 1 heterocycles. The van der Waals surface area contributed by atoms with E-state index in [1.54, 1.807) is 0 Å². The highest BCUT2D eigenvalue weighted by atomic mass is 16.5. The largest absolute Gasteiger partial charge is 0.494 e. The molecule has 0 amide bonds. The molecule has 1 aliphatic carbocycles. The molecular formula is C25H31NO6. The topological polar surface area (TPSA) is 90.9 Å². The van der Waals surface area contributed by atoms with Gasteiger partial charge in [0, 0.05) is 22.9 Å². The van der Waals surface area contributed by atoms with E-state index in [1.165, 1.54) is 7.11 Å². The first kappa shape index (κ1) is 23.6. The molecule has 0 radical (unpaired) electrons. The lowest BCUT2D eigenvalue weighted by atomic mass is 9.69. The number of methoxy groups -OCH3 is 1. The fraction of sp³-hybridized carbons (Fsp3) is 0.480. The monoisotopic (exact) mass is 441 g/mol. The number of dihydropyridines is 1. The second-order valence-electron chi connectivity index (χ2n) is 8.18. The van der Waals surface area contributed by atoms with Crippen LogP contribution in [0.5, 0.6) is 5.75 Å². The second kappa shape index (κ2) is 10.0. The Bertz CT molecular complexity index is 976. The van der Waals surface area contributed by atoms with Gasteiger partial charge in [-0.15, -0.1) is 0 Å². The molecule has 0 bridgehead atoms. The van der Waals surface area contributed by atoms with Crippen molar-refractivity contribution in [3.63, 3.8) is 0 Å². The molecule has 7 heteroatoms. The zero-order valence-electron chi connectivity index (χ0n) is 19.3. The highest BCUT2D eigenvalue weighted by Gasteiger charge is 2.47. The van der Waals surface area contributed by atoms with Crippen molar-refractivity contribution in [1.82, 2.24) is 5.32 Å². The molecule has 172 valence electrons. The number of ether oxygens (including phenoxy) is 3.